The molecule has 2 aromatic carbocycles. The van der Waals surface area contributed by atoms with E-state index in [1.165, 1.54) is 29.5 Å². The average Bonchev–Trinajstić information content (AvgIpc) is 3.33. The fraction of sp³-hybridized carbons (Fsp3) is 0.296. The summed E-state index contributed by atoms with van der Waals surface area (Å²) in [5.74, 6) is -1.63. The van der Waals surface area contributed by atoms with Crippen molar-refractivity contribution in [1.29, 1.82) is 0 Å². The van der Waals surface area contributed by atoms with Crippen LogP contribution < -0.4 is 15.4 Å². The molecule has 0 spiro atoms. The van der Waals surface area contributed by atoms with Gasteiger partial charge in [-0.2, -0.15) is 5.10 Å². The number of carbonyl (C=O) groups is 1. The fourth-order valence-electron chi connectivity index (χ4n) is 3.87. The monoisotopic (exact) mass is 592 g/mol. The molecular weight excluding hydrogens is 567 g/mol. The normalized spacial score (nSPS) is 11.3. The van der Waals surface area contributed by atoms with Crippen molar-refractivity contribution >= 4 is 28.2 Å². The maximum Gasteiger partial charge on any atom is 0.573 e. The van der Waals surface area contributed by atoms with E-state index in [9.17, 15) is 26.7 Å². The number of aryl methyl sites for hydroxylation is 2. The number of hydrogen-bond acceptors (Lipinski definition) is 8. The molecule has 41 heavy (non-hydrogen) atoms. The van der Waals surface area contributed by atoms with Gasteiger partial charge in [-0.3, -0.25) is 4.79 Å². The quantitative estimate of drug-likeness (QED) is 0.147. The summed E-state index contributed by atoms with van der Waals surface area (Å²) < 4.78 is 67.7. The molecule has 8 nitrogen and oxygen atoms in total. The lowest BCUT2D eigenvalue weighted by molar-refractivity contribution is -0.274. The highest BCUT2D eigenvalue weighted by Gasteiger charge is 2.31. The van der Waals surface area contributed by atoms with Gasteiger partial charge in [0, 0.05) is 19.0 Å². The van der Waals surface area contributed by atoms with Crippen LogP contribution in [0.2, 0.25) is 0 Å². The maximum atomic E-state index is 13.3. The topological polar surface area (TPSA) is 102 Å². The van der Waals surface area contributed by atoms with Crippen LogP contribution in [-0.4, -0.2) is 39.2 Å². The summed E-state index contributed by atoms with van der Waals surface area (Å²) in [6.45, 7) is 0.456. The van der Waals surface area contributed by atoms with Crippen LogP contribution in [0.1, 0.15) is 34.7 Å². The molecule has 0 fully saturated rings. The molecule has 0 aliphatic carbocycles. The number of hydrogen-bond donors (Lipinski definition) is 2. The summed E-state index contributed by atoms with van der Waals surface area (Å²) in [5.41, 5.74) is 1.72. The molecule has 0 aliphatic heterocycles. The van der Waals surface area contributed by atoms with Crippen LogP contribution in [-0.2, 0) is 30.5 Å². The third-order valence-electron chi connectivity index (χ3n) is 5.65. The van der Waals surface area contributed by atoms with Crippen LogP contribution in [0.25, 0.3) is 0 Å². The van der Waals surface area contributed by atoms with Gasteiger partial charge in [0.2, 0.25) is 11.0 Å². The summed E-state index contributed by atoms with van der Waals surface area (Å²) in [5, 5.41) is 23.1. The molecule has 0 unspecified atom stereocenters. The lowest BCUT2D eigenvalue weighted by atomic mass is 10.1. The summed E-state index contributed by atoms with van der Waals surface area (Å²) >= 11 is 1.24. The summed E-state index contributed by atoms with van der Waals surface area (Å²) in [7, 11) is 0. The number of nitrogens with one attached hydrogen (secondary N) is 2. The van der Waals surface area contributed by atoms with Crippen molar-refractivity contribution < 1.29 is 31.5 Å². The minimum atomic E-state index is -4.73. The van der Waals surface area contributed by atoms with Gasteiger partial charge in [0.25, 0.3) is 0 Å². The summed E-state index contributed by atoms with van der Waals surface area (Å²) in [4.78, 5) is 12.2. The molecule has 2 heterocycles. The predicted octanol–water partition coefficient (Wildman–Crippen LogP) is 5.91. The van der Waals surface area contributed by atoms with E-state index in [1.54, 1.807) is 12.1 Å². The van der Waals surface area contributed by atoms with Gasteiger partial charge < -0.3 is 15.4 Å². The van der Waals surface area contributed by atoms with E-state index in [-0.39, 0.29) is 17.7 Å². The molecule has 0 aliphatic rings. The summed E-state index contributed by atoms with van der Waals surface area (Å²) in [6, 6.07) is 12.4. The Morgan fingerprint density at radius 3 is 2.37 bits per heavy atom. The second-order valence-electron chi connectivity index (χ2n) is 8.99. The number of benzene rings is 2. The van der Waals surface area contributed by atoms with Crippen LogP contribution in [0.3, 0.4) is 0 Å². The zero-order chi connectivity index (χ0) is 29.2. The number of unbranched alkanes of at least 4 members (excludes halogenated alkanes) is 1. The highest BCUT2D eigenvalue weighted by atomic mass is 32.1. The Hall–Kier alpha value is -4.20. The minimum absolute atomic E-state index is 0.187. The summed E-state index contributed by atoms with van der Waals surface area (Å²) in [6.07, 6.45) is -1.45. The lowest BCUT2D eigenvalue weighted by Gasteiger charge is -2.10. The molecule has 2 aromatic heterocycles. The Bertz CT molecular complexity index is 1430. The maximum absolute atomic E-state index is 13.3. The van der Waals surface area contributed by atoms with Crippen LogP contribution >= 0.6 is 11.3 Å². The minimum Gasteiger partial charge on any atom is -0.406 e. The number of halogens is 5. The van der Waals surface area contributed by atoms with E-state index in [0.29, 0.717) is 42.3 Å². The van der Waals surface area contributed by atoms with Crippen molar-refractivity contribution in [3.05, 3.63) is 88.1 Å². The van der Waals surface area contributed by atoms with Gasteiger partial charge in [-0.15, -0.1) is 28.5 Å². The standard InChI is InChI=1S/C27H25F5N6O2S/c28-19-12-18(13-20(29)16-19)15-24(39)34-26-38-37-25(41-26)7-2-1-5-21-8-9-23(36-35-21)33-11-10-17-4-3-6-22(14-17)40-27(30,31)32/h3-4,6,8-9,12-14,16H,1-2,5,7,10-11,15H2,(H,33,36)(H,34,38,39). The average molecular weight is 593 g/mol. The van der Waals surface area contributed by atoms with E-state index in [4.69, 9.17) is 0 Å². The number of aromatic nitrogens is 4. The second kappa shape index (κ2) is 13.9. The molecule has 1 amide bonds. The van der Waals surface area contributed by atoms with Crippen LogP contribution in [0.4, 0.5) is 32.9 Å². The first-order valence-corrected chi connectivity index (χ1v) is 13.4. The van der Waals surface area contributed by atoms with Crippen molar-refractivity contribution in [2.24, 2.45) is 0 Å². The van der Waals surface area contributed by atoms with Crippen molar-refractivity contribution in [1.82, 2.24) is 20.4 Å². The van der Waals surface area contributed by atoms with Crippen molar-refractivity contribution in [2.75, 3.05) is 17.2 Å². The van der Waals surface area contributed by atoms with Crippen molar-refractivity contribution in [3.63, 3.8) is 0 Å². The molecule has 4 rings (SSSR count). The molecule has 4 aromatic rings. The number of rotatable bonds is 13. The van der Waals surface area contributed by atoms with Gasteiger partial charge in [0.15, 0.2) is 0 Å². The Kier molecular flexibility index (Phi) is 10.1. The number of anilines is 2. The lowest BCUT2D eigenvalue weighted by Crippen LogP contribution is -2.17. The number of nitrogens with zero attached hydrogens (tertiary/aromatic N) is 4. The van der Waals surface area contributed by atoms with Gasteiger partial charge >= 0.3 is 6.36 Å². The van der Waals surface area contributed by atoms with E-state index < -0.39 is 23.9 Å². The first kappa shape index (κ1) is 29.8. The van der Waals surface area contributed by atoms with Gasteiger partial charge in [0.05, 0.1) is 12.1 Å². The van der Waals surface area contributed by atoms with Crippen molar-refractivity contribution in [2.45, 2.75) is 44.9 Å². The smallest absolute Gasteiger partial charge is 0.406 e. The van der Waals surface area contributed by atoms with Crippen LogP contribution in [0.5, 0.6) is 5.75 Å². The number of carbonyl (C=O) groups excluding carboxylic acids is 1. The van der Waals surface area contributed by atoms with E-state index >= 15 is 0 Å². The van der Waals surface area contributed by atoms with Gasteiger partial charge in [-0.25, -0.2) is 8.78 Å². The Morgan fingerprint density at radius 2 is 1.63 bits per heavy atom. The third kappa shape index (κ3) is 10.4. The predicted molar refractivity (Wildman–Crippen MR) is 143 cm³/mol. The molecular formula is C27H25F5N6O2S. The molecule has 0 radical (unpaired) electrons. The van der Waals surface area contributed by atoms with Crippen LogP contribution in [0.15, 0.2) is 54.6 Å². The molecule has 0 atom stereocenters. The Morgan fingerprint density at radius 1 is 0.854 bits per heavy atom. The van der Waals surface area contributed by atoms with Crippen molar-refractivity contribution in [3.8, 4) is 5.75 Å². The third-order valence-corrected chi connectivity index (χ3v) is 6.54. The first-order chi connectivity index (χ1) is 19.6. The molecule has 0 saturated heterocycles. The van der Waals surface area contributed by atoms with E-state index in [1.807, 2.05) is 6.07 Å². The van der Waals surface area contributed by atoms with Gasteiger partial charge in [-0.05, 0) is 73.2 Å². The van der Waals surface area contributed by atoms with E-state index in [2.05, 4.69) is 35.8 Å². The van der Waals surface area contributed by atoms with E-state index in [0.717, 1.165) is 41.7 Å². The zero-order valence-electron chi connectivity index (χ0n) is 21.5. The first-order valence-electron chi connectivity index (χ1n) is 12.6. The molecule has 2 N–H and O–H groups in total. The van der Waals surface area contributed by atoms with Gasteiger partial charge in [-0.1, -0.05) is 23.5 Å². The van der Waals surface area contributed by atoms with Gasteiger partial charge in [0.1, 0.15) is 28.2 Å². The Labute approximate surface area is 236 Å². The number of alkyl halides is 3. The largest absolute Gasteiger partial charge is 0.573 e. The highest BCUT2D eigenvalue weighted by Crippen LogP contribution is 2.23. The number of amides is 1. The zero-order valence-corrected chi connectivity index (χ0v) is 22.4. The highest BCUT2D eigenvalue weighted by molar-refractivity contribution is 7.15. The SMILES string of the molecule is O=C(Cc1cc(F)cc(F)c1)Nc1nnc(CCCCc2ccc(NCCc3cccc(OC(F)(F)F)c3)nn2)s1. The number of ether oxygens (including phenoxy) is 1. The Balaban J connectivity index is 1.13. The molecule has 0 bridgehead atoms. The van der Waals surface area contributed by atoms with Crippen LogP contribution in [0, 0.1) is 11.6 Å². The molecule has 0 saturated carbocycles. The second-order valence-corrected chi connectivity index (χ2v) is 10.1. The molecule has 216 valence electrons. The fourth-order valence-corrected chi connectivity index (χ4v) is 4.67. The molecule has 14 heteroatoms.